The first kappa shape index (κ1) is 20.0. The van der Waals surface area contributed by atoms with Gasteiger partial charge in [0, 0.05) is 18.7 Å². The minimum absolute atomic E-state index is 0.111. The SMILES string of the molecule is CCC(CC)NC(=O)c1cccc(N(C)S(=O)(=O)c2ccc(C)cc2)c1. The monoisotopic (exact) mass is 374 g/mol. The van der Waals surface area contributed by atoms with Crippen molar-refractivity contribution in [3.63, 3.8) is 0 Å². The Bertz CT molecular complexity index is 857. The summed E-state index contributed by atoms with van der Waals surface area (Å²) in [5.74, 6) is -0.193. The third kappa shape index (κ3) is 4.43. The number of carbonyl (C=O) groups is 1. The Labute approximate surface area is 156 Å². The number of nitrogens with zero attached hydrogens (tertiary/aromatic N) is 1. The van der Waals surface area contributed by atoms with E-state index in [2.05, 4.69) is 5.32 Å². The van der Waals surface area contributed by atoms with Crippen molar-refractivity contribution in [1.82, 2.24) is 5.32 Å². The maximum absolute atomic E-state index is 12.8. The molecule has 0 aliphatic heterocycles. The van der Waals surface area contributed by atoms with Crippen LogP contribution < -0.4 is 9.62 Å². The second-order valence-corrected chi connectivity index (χ2v) is 8.29. The van der Waals surface area contributed by atoms with Gasteiger partial charge in [0.1, 0.15) is 0 Å². The zero-order valence-electron chi connectivity index (χ0n) is 15.7. The van der Waals surface area contributed by atoms with Gasteiger partial charge >= 0.3 is 0 Å². The molecule has 0 heterocycles. The fourth-order valence-electron chi connectivity index (χ4n) is 2.61. The molecule has 0 saturated carbocycles. The zero-order chi connectivity index (χ0) is 19.3. The molecule has 2 aromatic carbocycles. The van der Waals surface area contributed by atoms with Crippen LogP contribution in [0.1, 0.15) is 42.6 Å². The summed E-state index contributed by atoms with van der Waals surface area (Å²) in [6.07, 6.45) is 1.70. The van der Waals surface area contributed by atoms with Crippen LogP contribution in [-0.4, -0.2) is 27.4 Å². The van der Waals surface area contributed by atoms with Gasteiger partial charge in [-0.2, -0.15) is 0 Å². The zero-order valence-corrected chi connectivity index (χ0v) is 16.5. The highest BCUT2D eigenvalue weighted by molar-refractivity contribution is 7.92. The van der Waals surface area contributed by atoms with Gasteiger partial charge in [-0.05, 0) is 50.1 Å². The summed E-state index contributed by atoms with van der Waals surface area (Å²) < 4.78 is 26.8. The lowest BCUT2D eigenvalue weighted by Crippen LogP contribution is -2.34. The van der Waals surface area contributed by atoms with Gasteiger partial charge in [0.05, 0.1) is 10.6 Å². The van der Waals surface area contributed by atoms with Crippen LogP contribution in [0.15, 0.2) is 53.4 Å². The smallest absolute Gasteiger partial charge is 0.264 e. The molecule has 1 amide bonds. The van der Waals surface area contributed by atoms with Crippen molar-refractivity contribution in [2.24, 2.45) is 0 Å². The topological polar surface area (TPSA) is 66.5 Å². The van der Waals surface area contributed by atoms with Crippen LogP contribution in [0.5, 0.6) is 0 Å². The lowest BCUT2D eigenvalue weighted by molar-refractivity contribution is 0.0935. The van der Waals surface area contributed by atoms with Gasteiger partial charge in [0.25, 0.3) is 15.9 Å². The highest BCUT2D eigenvalue weighted by atomic mass is 32.2. The van der Waals surface area contributed by atoms with Crippen LogP contribution in [0, 0.1) is 6.92 Å². The number of nitrogens with one attached hydrogen (secondary N) is 1. The number of hydrogen-bond acceptors (Lipinski definition) is 3. The predicted molar refractivity (Wildman–Crippen MR) is 105 cm³/mol. The van der Waals surface area contributed by atoms with E-state index in [4.69, 9.17) is 0 Å². The molecule has 0 fully saturated rings. The highest BCUT2D eigenvalue weighted by Gasteiger charge is 2.22. The fourth-order valence-corrected chi connectivity index (χ4v) is 3.80. The number of sulfonamides is 1. The fraction of sp³-hybridized carbons (Fsp3) is 0.350. The molecule has 140 valence electrons. The van der Waals surface area contributed by atoms with Crippen LogP contribution in [0.2, 0.25) is 0 Å². The maximum atomic E-state index is 12.8. The lowest BCUT2D eigenvalue weighted by Gasteiger charge is -2.21. The number of carbonyl (C=O) groups excluding carboxylic acids is 1. The Hall–Kier alpha value is -2.34. The Morgan fingerprint density at radius 1 is 1.08 bits per heavy atom. The number of anilines is 1. The summed E-state index contributed by atoms with van der Waals surface area (Å²) >= 11 is 0. The van der Waals surface area contributed by atoms with Crippen molar-refractivity contribution in [2.45, 2.75) is 44.6 Å². The average Bonchev–Trinajstić information content (AvgIpc) is 2.65. The molecule has 1 N–H and O–H groups in total. The number of benzene rings is 2. The standard InChI is InChI=1S/C20H26N2O3S/c1-5-17(6-2)21-20(23)16-8-7-9-18(14-16)22(4)26(24,25)19-12-10-15(3)11-13-19/h7-14,17H,5-6H2,1-4H3,(H,21,23). The van der Waals surface area contributed by atoms with Gasteiger partial charge < -0.3 is 5.32 Å². The van der Waals surface area contributed by atoms with E-state index in [-0.39, 0.29) is 16.8 Å². The Morgan fingerprint density at radius 2 is 1.69 bits per heavy atom. The van der Waals surface area contributed by atoms with Crippen molar-refractivity contribution in [1.29, 1.82) is 0 Å². The maximum Gasteiger partial charge on any atom is 0.264 e. The molecule has 0 saturated heterocycles. The second-order valence-electron chi connectivity index (χ2n) is 6.32. The van der Waals surface area contributed by atoms with E-state index in [1.165, 1.54) is 11.4 Å². The third-order valence-electron chi connectivity index (χ3n) is 4.47. The quantitative estimate of drug-likeness (QED) is 0.803. The van der Waals surface area contributed by atoms with Crippen LogP contribution in [0.3, 0.4) is 0 Å². The summed E-state index contributed by atoms with van der Waals surface area (Å²) in [5, 5.41) is 2.97. The van der Waals surface area contributed by atoms with Gasteiger partial charge in [0.15, 0.2) is 0 Å². The van der Waals surface area contributed by atoms with Gasteiger partial charge in [-0.25, -0.2) is 8.42 Å². The van der Waals surface area contributed by atoms with Crippen molar-refractivity contribution < 1.29 is 13.2 Å². The van der Waals surface area contributed by atoms with E-state index < -0.39 is 10.0 Å². The molecule has 5 nitrogen and oxygen atoms in total. The minimum atomic E-state index is -3.68. The first-order valence-corrected chi connectivity index (χ1v) is 10.2. The summed E-state index contributed by atoms with van der Waals surface area (Å²) in [5.41, 5.74) is 1.88. The van der Waals surface area contributed by atoms with E-state index >= 15 is 0 Å². The van der Waals surface area contributed by atoms with E-state index in [1.54, 1.807) is 48.5 Å². The highest BCUT2D eigenvalue weighted by Crippen LogP contribution is 2.23. The molecule has 2 aromatic rings. The lowest BCUT2D eigenvalue weighted by atomic mass is 10.1. The average molecular weight is 375 g/mol. The van der Waals surface area contributed by atoms with Gasteiger partial charge in [-0.1, -0.05) is 37.6 Å². The summed E-state index contributed by atoms with van der Waals surface area (Å²) in [6.45, 7) is 5.95. The van der Waals surface area contributed by atoms with Gasteiger partial charge in [-0.15, -0.1) is 0 Å². The second kappa shape index (κ2) is 8.36. The van der Waals surface area contributed by atoms with Crippen molar-refractivity contribution in [3.05, 3.63) is 59.7 Å². The first-order valence-electron chi connectivity index (χ1n) is 8.76. The largest absolute Gasteiger partial charge is 0.349 e. The Balaban J connectivity index is 2.28. The van der Waals surface area contributed by atoms with Crippen LogP contribution in [-0.2, 0) is 10.0 Å². The van der Waals surface area contributed by atoms with Crippen molar-refractivity contribution in [2.75, 3.05) is 11.4 Å². The van der Waals surface area contributed by atoms with Gasteiger partial charge in [-0.3, -0.25) is 9.10 Å². The van der Waals surface area contributed by atoms with Crippen LogP contribution >= 0.6 is 0 Å². The molecule has 0 atom stereocenters. The predicted octanol–water partition coefficient (Wildman–Crippen LogP) is 3.74. The normalized spacial score (nSPS) is 11.4. The Kier molecular flexibility index (Phi) is 6.42. The molecule has 0 bridgehead atoms. The molecule has 0 aliphatic carbocycles. The molecule has 6 heteroatoms. The first-order chi connectivity index (χ1) is 12.3. The summed E-state index contributed by atoms with van der Waals surface area (Å²) in [7, 11) is -2.19. The molecule has 0 aliphatic rings. The van der Waals surface area contributed by atoms with E-state index in [1.807, 2.05) is 20.8 Å². The molecule has 0 spiro atoms. The molecular formula is C20H26N2O3S. The third-order valence-corrected chi connectivity index (χ3v) is 6.27. The van der Waals surface area contributed by atoms with E-state index in [0.29, 0.717) is 11.3 Å². The minimum Gasteiger partial charge on any atom is -0.349 e. The number of amides is 1. The van der Waals surface area contributed by atoms with Crippen LogP contribution in [0.25, 0.3) is 0 Å². The summed E-state index contributed by atoms with van der Waals surface area (Å²) in [6, 6.07) is 13.5. The number of hydrogen-bond donors (Lipinski definition) is 1. The van der Waals surface area contributed by atoms with Gasteiger partial charge in [0.2, 0.25) is 0 Å². The van der Waals surface area contributed by atoms with E-state index in [9.17, 15) is 13.2 Å². The molecule has 0 radical (unpaired) electrons. The Morgan fingerprint density at radius 3 is 2.27 bits per heavy atom. The molecular weight excluding hydrogens is 348 g/mol. The summed E-state index contributed by atoms with van der Waals surface area (Å²) in [4.78, 5) is 12.6. The number of aryl methyl sites for hydroxylation is 1. The van der Waals surface area contributed by atoms with E-state index in [0.717, 1.165) is 18.4 Å². The molecule has 2 rings (SSSR count). The molecule has 0 unspecified atom stereocenters. The van der Waals surface area contributed by atoms with Crippen LogP contribution in [0.4, 0.5) is 5.69 Å². The van der Waals surface area contributed by atoms with Crippen molar-refractivity contribution in [3.8, 4) is 0 Å². The molecule has 0 aromatic heterocycles. The van der Waals surface area contributed by atoms with Crippen molar-refractivity contribution >= 4 is 21.6 Å². The number of rotatable bonds is 7. The molecule has 26 heavy (non-hydrogen) atoms.